The summed E-state index contributed by atoms with van der Waals surface area (Å²) in [5.41, 5.74) is 0.716. The molecule has 3 fully saturated rings. The van der Waals surface area contributed by atoms with Gasteiger partial charge in [-0.05, 0) is 30.4 Å². The van der Waals surface area contributed by atoms with E-state index in [0.717, 1.165) is 17.5 Å². The number of nitrogens with one attached hydrogen (secondary N) is 2. The molecule has 0 aliphatic carbocycles. The number of hydrogen-bond acceptors (Lipinski definition) is 5. The zero-order chi connectivity index (χ0) is 26.9. The molecule has 2 bridgehead atoms. The van der Waals surface area contributed by atoms with Gasteiger partial charge in [0, 0.05) is 17.9 Å². The van der Waals surface area contributed by atoms with Crippen LogP contribution in [0.15, 0.2) is 60.7 Å². The number of ether oxygens (including phenoxy) is 1. The van der Waals surface area contributed by atoms with Gasteiger partial charge in [0.1, 0.15) is 11.6 Å². The quantitative estimate of drug-likeness (QED) is 0.372. The maximum Gasteiger partial charge on any atom is 0.246 e. The van der Waals surface area contributed by atoms with Crippen LogP contribution < -0.4 is 10.6 Å². The number of likely N-dealkylation sites (tertiary alicyclic amines) is 1. The highest BCUT2D eigenvalue weighted by atomic mass is 79.9. The van der Waals surface area contributed by atoms with Gasteiger partial charge in [-0.1, -0.05) is 83.5 Å². The minimum absolute atomic E-state index is 0.171. The predicted molar refractivity (Wildman–Crippen MR) is 145 cm³/mol. The molecule has 8 nitrogen and oxygen atoms in total. The Bertz CT molecular complexity index is 1170. The molecule has 0 saturated carbocycles. The monoisotopic (exact) mass is 583 g/mol. The van der Waals surface area contributed by atoms with E-state index in [2.05, 4.69) is 26.6 Å². The molecule has 9 heteroatoms. The first kappa shape index (κ1) is 26.8. The Balaban J connectivity index is 1.51. The van der Waals surface area contributed by atoms with Crippen LogP contribution >= 0.6 is 15.9 Å². The summed E-state index contributed by atoms with van der Waals surface area (Å²) in [6.45, 7) is 2.45. The fourth-order valence-electron chi connectivity index (χ4n) is 6.44. The van der Waals surface area contributed by atoms with Crippen molar-refractivity contribution >= 4 is 33.7 Å². The van der Waals surface area contributed by atoms with Gasteiger partial charge in [0.25, 0.3) is 0 Å². The van der Waals surface area contributed by atoms with Crippen LogP contribution in [0.5, 0.6) is 0 Å². The van der Waals surface area contributed by atoms with Crippen molar-refractivity contribution in [3.63, 3.8) is 0 Å². The van der Waals surface area contributed by atoms with E-state index in [1.54, 1.807) is 0 Å². The molecule has 3 unspecified atom stereocenters. The number of fused-ring (bicyclic) bond motifs is 1. The Morgan fingerprint density at radius 2 is 1.74 bits per heavy atom. The lowest BCUT2D eigenvalue weighted by molar-refractivity contribution is -0.145. The van der Waals surface area contributed by atoms with Gasteiger partial charge in [0.05, 0.1) is 30.6 Å². The molecule has 3 aliphatic heterocycles. The van der Waals surface area contributed by atoms with Crippen molar-refractivity contribution in [3.05, 3.63) is 71.8 Å². The standard InChI is InChI=1S/C29H34BrN3O5/c1-2-13-31-26(35)22-23-28(37)33(20(17-34)14-18-9-5-3-6-10-18)25(29(23)15-21(30)24(22)38-29)27(36)32-16-19-11-7-4-8-12-19/h3-12,20-25,34H,2,13-17H2,1H3,(H,31,35)(H,32,36)/t20-,21?,22-,23+,24-,25?,29?/m1/s1. The van der Waals surface area contributed by atoms with Gasteiger partial charge in [0.15, 0.2) is 0 Å². The molecule has 3 heterocycles. The summed E-state index contributed by atoms with van der Waals surface area (Å²) in [6, 6.07) is 17.5. The van der Waals surface area contributed by atoms with Crippen molar-refractivity contribution in [2.45, 2.75) is 61.3 Å². The maximum absolute atomic E-state index is 14.2. The Kier molecular flexibility index (Phi) is 7.88. The Labute approximate surface area is 231 Å². The van der Waals surface area contributed by atoms with E-state index in [4.69, 9.17) is 4.74 Å². The van der Waals surface area contributed by atoms with Crippen LogP contribution in [-0.2, 0) is 32.1 Å². The van der Waals surface area contributed by atoms with E-state index < -0.39 is 35.6 Å². The number of amides is 3. The number of halogens is 1. The third kappa shape index (κ3) is 4.65. The first-order chi connectivity index (χ1) is 18.4. The topological polar surface area (TPSA) is 108 Å². The van der Waals surface area contributed by atoms with Gasteiger partial charge in [0.2, 0.25) is 17.7 Å². The molecule has 0 radical (unpaired) electrons. The number of hydrogen-bond donors (Lipinski definition) is 3. The highest BCUT2D eigenvalue weighted by Gasteiger charge is 2.77. The van der Waals surface area contributed by atoms with E-state index in [-0.39, 0.29) is 29.2 Å². The number of carbonyl (C=O) groups excluding carboxylic acids is 3. The van der Waals surface area contributed by atoms with Crippen molar-refractivity contribution in [1.82, 2.24) is 15.5 Å². The lowest BCUT2D eigenvalue weighted by Crippen LogP contribution is -2.58. The number of aliphatic hydroxyl groups excluding tert-OH is 1. The van der Waals surface area contributed by atoms with Crippen molar-refractivity contribution in [3.8, 4) is 0 Å². The molecule has 5 rings (SSSR count). The zero-order valence-corrected chi connectivity index (χ0v) is 23.0. The number of alkyl halides is 1. The van der Waals surface area contributed by atoms with E-state index >= 15 is 0 Å². The molecule has 2 aromatic rings. The van der Waals surface area contributed by atoms with Crippen molar-refractivity contribution in [2.75, 3.05) is 13.2 Å². The molecule has 3 aliphatic rings. The number of nitrogens with zero attached hydrogens (tertiary/aromatic N) is 1. The summed E-state index contributed by atoms with van der Waals surface area (Å²) in [4.78, 5) is 42.8. The van der Waals surface area contributed by atoms with Gasteiger partial charge in [-0.3, -0.25) is 14.4 Å². The van der Waals surface area contributed by atoms with Gasteiger partial charge in [-0.2, -0.15) is 0 Å². The minimum Gasteiger partial charge on any atom is -0.394 e. The minimum atomic E-state index is -1.16. The summed E-state index contributed by atoms with van der Waals surface area (Å²) in [6.07, 6.45) is 1.07. The molecular weight excluding hydrogens is 550 g/mol. The van der Waals surface area contributed by atoms with E-state index in [0.29, 0.717) is 25.9 Å². The van der Waals surface area contributed by atoms with Crippen molar-refractivity contribution < 1.29 is 24.2 Å². The summed E-state index contributed by atoms with van der Waals surface area (Å²) >= 11 is 3.69. The van der Waals surface area contributed by atoms with Crippen molar-refractivity contribution in [2.24, 2.45) is 11.8 Å². The van der Waals surface area contributed by atoms with E-state index in [1.165, 1.54) is 4.90 Å². The summed E-state index contributed by atoms with van der Waals surface area (Å²) in [5.74, 6) is -2.38. The second-order valence-electron chi connectivity index (χ2n) is 10.4. The van der Waals surface area contributed by atoms with Crippen LogP contribution in [0.1, 0.15) is 30.9 Å². The number of rotatable bonds is 10. The van der Waals surface area contributed by atoms with Crippen molar-refractivity contribution in [1.29, 1.82) is 0 Å². The molecule has 1 spiro atoms. The fraction of sp³-hybridized carbons (Fsp3) is 0.483. The third-order valence-electron chi connectivity index (χ3n) is 8.06. The molecule has 3 N–H and O–H groups in total. The fourth-order valence-corrected chi connectivity index (χ4v) is 7.39. The van der Waals surface area contributed by atoms with E-state index in [9.17, 15) is 19.5 Å². The molecule has 7 atom stereocenters. The predicted octanol–water partition coefficient (Wildman–Crippen LogP) is 2.18. The SMILES string of the molecule is CCCNC(=O)[C@H]1[C@@H]2OC3(CC2Br)C(C(=O)NCc2ccccc2)N([C@@H](CO)Cc2ccccc2)C(=O)[C@H]13. The van der Waals surface area contributed by atoms with Crippen LogP contribution in [0.2, 0.25) is 0 Å². The number of carbonyl (C=O) groups is 3. The highest BCUT2D eigenvalue weighted by Crippen LogP contribution is 2.60. The molecule has 3 amide bonds. The Morgan fingerprint density at radius 1 is 1.08 bits per heavy atom. The maximum atomic E-state index is 14.2. The smallest absolute Gasteiger partial charge is 0.246 e. The van der Waals surface area contributed by atoms with Crippen LogP contribution in [0.4, 0.5) is 0 Å². The summed E-state index contributed by atoms with van der Waals surface area (Å²) in [5, 5.41) is 16.4. The molecule has 2 aromatic carbocycles. The normalized spacial score (nSPS) is 30.2. The number of aliphatic hydroxyl groups is 1. The summed E-state index contributed by atoms with van der Waals surface area (Å²) in [7, 11) is 0. The highest BCUT2D eigenvalue weighted by molar-refractivity contribution is 9.09. The second kappa shape index (κ2) is 11.2. The lowest BCUT2D eigenvalue weighted by Gasteiger charge is -2.37. The lowest BCUT2D eigenvalue weighted by atomic mass is 9.70. The van der Waals surface area contributed by atoms with Crippen LogP contribution in [0.3, 0.4) is 0 Å². The Morgan fingerprint density at radius 3 is 2.37 bits per heavy atom. The molecule has 0 aromatic heterocycles. The Hall–Kier alpha value is -2.75. The molecule has 3 saturated heterocycles. The van der Waals surface area contributed by atoms with E-state index in [1.807, 2.05) is 67.6 Å². The first-order valence-corrected chi connectivity index (χ1v) is 14.2. The van der Waals surface area contributed by atoms with Crippen LogP contribution in [-0.4, -0.2) is 69.5 Å². The average Bonchev–Trinajstić information content (AvgIpc) is 3.53. The molecular formula is C29H34BrN3O5. The van der Waals surface area contributed by atoms with Gasteiger partial charge in [-0.15, -0.1) is 0 Å². The zero-order valence-electron chi connectivity index (χ0n) is 21.4. The molecule has 202 valence electrons. The number of benzene rings is 2. The third-order valence-corrected chi connectivity index (χ3v) is 8.90. The molecule has 38 heavy (non-hydrogen) atoms. The van der Waals surface area contributed by atoms with Crippen LogP contribution in [0, 0.1) is 11.8 Å². The summed E-state index contributed by atoms with van der Waals surface area (Å²) < 4.78 is 6.53. The average molecular weight is 585 g/mol. The van der Waals surface area contributed by atoms with Gasteiger partial charge in [-0.25, -0.2) is 0 Å². The van der Waals surface area contributed by atoms with Gasteiger partial charge < -0.3 is 25.4 Å². The first-order valence-electron chi connectivity index (χ1n) is 13.3. The largest absolute Gasteiger partial charge is 0.394 e. The van der Waals surface area contributed by atoms with Gasteiger partial charge >= 0.3 is 0 Å². The van der Waals surface area contributed by atoms with Crippen LogP contribution in [0.25, 0.3) is 0 Å². The second-order valence-corrected chi connectivity index (χ2v) is 11.6.